The van der Waals surface area contributed by atoms with Crippen LogP contribution in [0.3, 0.4) is 0 Å². The van der Waals surface area contributed by atoms with Gasteiger partial charge in [-0.1, -0.05) is 11.3 Å². The van der Waals surface area contributed by atoms with E-state index in [1.807, 2.05) is 0 Å². The first-order valence-corrected chi connectivity index (χ1v) is 2.24. The number of rotatable bonds is 3. The zero-order valence-corrected chi connectivity index (χ0v) is 4.42. The lowest BCUT2D eigenvalue weighted by Crippen LogP contribution is -1.90. The number of nitroso groups, excluding NO2 is 1. The van der Waals surface area contributed by atoms with E-state index in [0.717, 1.165) is 0 Å². The first-order valence-electron chi connectivity index (χ1n) is 2.24. The molecule has 0 bridgehead atoms. The van der Waals surface area contributed by atoms with Gasteiger partial charge in [0.2, 0.25) is 0 Å². The maximum absolute atomic E-state index is 9.60. The molecule has 40 valence electrons. The molecule has 0 heterocycles. The minimum Gasteiger partial charge on any atom is -0.151 e. The third kappa shape index (κ3) is 3.16. The van der Waals surface area contributed by atoms with Crippen molar-refractivity contribution in [3.63, 3.8) is 0 Å². The van der Waals surface area contributed by atoms with Crippen LogP contribution in [0, 0.1) is 4.91 Å². The summed E-state index contributed by atoms with van der Waals surface area (Å²) in [7, 11) is 0. The summed E-state index contributed by atoms with van der Waals surface area (Å²) < 4.78 is 0. The average molecular weight is 99.1 g/mol. The van der Waals surface area contributed by atoms with E-state index in [-0.39, 0.29) is 6.04 Å². The summed E-state index contributed by atoms with van der Waals surface area (Å²) in [5.74, 6) is 0. The molecule has 2 nitrogen and oxygen atoms in total. The molecule has 0 rings (SSSR count). The molecule has 0 aliphatic carbocycles. The molecule has 0 amide bonds. The average Bonchev–Trinajstić information content (AvgIpc) is 1.68. The Bertz CT molecular complexity index is 70.5. The van der Waals surface area contributed by atoms with Crippen LogP contribution in [0.5, 0.6) is 0 Å². The van der Waals surface area contributed by atoms with Crippen LogP contribution in [-0.2, 0) is 0 Å². The van der Waals surface area contributed by atoms with Gasteiger partial charge in [-0.3, -0.25) is 0 Å². The summed E-state index contributed by atoms with van der Waals surface area (Å²) in [5.41, 5.74) is 0. The van der Waals surface area contributed by atoms with E-state index in [0.29, 0.717) is 6.42 Å². The molecule has 0 aliphatic rings. The van der Waals surface area contributed by atoms with Crippen molar-refractivity contribution in [3.05, 3.63) is 17.6 Å². The molecule has 0 saturated carbocycles. The van der Waals surface area contributed by atoms with Crippen LogP contribution in [0.25, 0.3) is 0 Å². The maximum atomic E-state index is 9.60. The van der Waals surface area contributed by atoms with Gasteiger partial charge in [0.25, 0.3) is 0 Å². The van der Waals surface area contributed by atoms with Gasteiger partial charge in [-0.15, -0.1) is 6.58 Å². The Morgan fingerprint density at radius 1 is 2.00 bits per heavy atom. The van der Waals surface area contributed by atoms with Crippen LogP contribution in [0.2, 0.25) is 0 Å². The molecular formula is C5H9NO. The first-order chi connectivity index (χ1) is 3.31. The monoisotopic (exact) mass is 99.1 g/mol. The highest BCUT2D eigenvalue weighted by atomic mass is 16.3. The highest BCUT2D eigenvalue weighted by Crippen LogP contribution is 1.93. The van der Waals surface area contributed by atoms with Gasteiger partial charge in [-0.25, -0.2) is 0 Å². The van der Waals surface area contributed by atoms with Crippen LogP contribution >= 0.6 is 0 Å². The Kier molecular flexibility index (Phi) is 3.19. The molecule has 7 heavy (non-hydrogen) atoms. The van der Waals surface area contributed by atoms with Crippen LogP contribution in [0.1, 0.15) is 13.3 Å². The zero-order valence-electron chi connectivity index (χ0n) is 4.42. The number of hydrogen-bond acceptors (Lipinski definition) is 2. The number of hydrogen-bond donors (Lipinski definition) is 0. The lowest BCUT2D eigenvalue weighted by molar-refractivity contribution is 0.753. The lowest BCUT2D eigenvalue weighted by Gasteiger charge is -1.90. The van der Waals surface area contributed by atoms with E-state index < -0.39 is 0 Å². The molecule has 0 fully saturated rings. The quantitative estimate of drug-likeness (QED) is 0.391. The largest absolute Gasteiger partial charge is 0.151 e. The van der Waals surface area contributed by atoms with Crippen molar-refractivity contribution in [3.8, 4) is 0 Å². The standard InChI is InChI=1S/C5H9NO/c1-3-4-5(2)6-7/h3,5H,1,4H2,2H3. The van der Waals surface area contributed by atoms with E-state index in [2.05, 4.69) is 11.8 Å². The van der Waals surface area contributed by atoms with Gasteiger partial charge in [-0.05, 0) is 13.3 Å². The molecule has 0 aliphatic heterocycles. The molecule has 0 N–H and O–H groups in total. The van der Waals surface area contributed by atoms with Crippen LogP contribution < -0.4 is 0 Å². The Morgan fingerprint density at radius 3 is 2.71 bits per heavy atom. The minimum absolute atomic E-state index is 0.0995. The van der Waals surface area contributed by atoms with Crippen molar-refractivity contribution in [1.29, 1.82) is 0 Å². The summed E-state index contributed by atoms with van der Waals surface area (Å²) in [6, 6.07) is -0.0995. The summed E-state index contributed by atoms with van der Waals surface area (Å²) in [6.07, 6.45) is 2.37. The van der Waals surface area contributed by atoms with E-state index in [1.165, 1.54) is 0 Å². The summed E-state index contributed by atoms with van der Waals surface area (Å²) in [5, 5.41) is 2.76. The van der Waals surface area contributed by atoms with Gasteiger partial charge in [0, 0.05) is 0 Å². The predicted molar refractivity (Wildman–Crippen MR) is 30.1 cm³/mol. The van der Waals surface area contributed by atoms with E-state index >= 15 is 0 Å². The Labute approximate surface area is 43.2 Å². The number of nitrogens with zero attached hydrogens (tertiary/aromatic N) is 1. The van der Waals surface area contributed by atoms with Gasteiger partial charge in [0.15, 0.2) is 0 Å². The maximum Gasteiger partial charge on any atom is 0.0925 e. The third-order valence-corrected chi connectivity index (χ3v) is 0.688. The molecule has 0 aromatic rings. The second-order valence-corrected chi connectivity index (χ2v) is 1.48. The van der Waals surface area contributed by atoms with Gasteiger partial charge in [-0.2, -0.15) is 4.91 Å². The van der Waals surface area contributed by atoms with Crippen molar-refractivity contribution in [2.24, 2.45) is 5.18 Å². The molecule has 1 atom stereocenters. The first kappa shape index (κ1) is 6.34. The van der Waals surface area contributed by atoms with E-state index in [9.17, 15) is 4.91 Å². The zero-order chi connectivity index (χ0) is 5.70. The van der Waals surface area contributed by atoms with Crippen molar-refractivity contribution in [1.82, 2.24) is 0 Å². The fraction of sp³-hybridized carbons (Fsp3) is 0.600. The third-order valence-electron chi connectivity index (χ3n) is 0.688. The van der Waals surface area contributed by atoms with Gasteiger partial charge in [0.05, 0.1) is 6.04 Å². The molecule has 0 aromatic carbocycles. The molecule has 0 radical (unpaired) electrons. The van der Waals surface area contributed by atoms with Crippen molar-refractivity contribution in [2.45, 2.75) is 19.4 Å². The highest BCUT2D eigenvalue weighted by Gasteiger charge is 1.92. The molecule has 0 spiro atoms. The minimum atomic E-state index is -0.0995. The van der Waals surface area contributed by atoms with Crippen molar-refractivity contribution < 1.29 is 0 Å². The normalized spacial score (nSPS) is 12.7. The Morgan fingerprint density at radius 2 is 2.57 bits per heavy atom. The van der Waals surface area contributed by atoms with Gasteiger partial charge in [0.1, 0.15) is 0 Å². The van der Waals surface area contributed by atoms with Crippen LogP contribution in [-0.4, -0.2) is 6.04 Å². The molecule has 0 aromatic heterocycles. The van der Waals surface area contributed by atoms with E-state index in [1.54, 1.807) is 13.0 Å². The lowest BCUT2D eigenvalue weighted by atomic mass is 10.3. The summed E-state index contributed by atoms with van der Waals surface area (Å²) in [4.78, 5) is 9.60. The SMILES string of the molecule is C=CCC(C)N=O. The predicted octanol–water partition coefficient (Wildman–Crippen LogP) is 1.72. The van der Waals surface area contributed by atoms with Gasteiger partial charge < -0.3 is 0 Å². The summed E-state index contributed by atoms with van der Waals surface area (Å²) >= 11 is 0. The molecule has 2 heteroatoms. The Hall–Kier alpha value is -0.660. The molecular weight excluding hydrogens is 90.1 g/mol. The van der Waals surface area contributed by atoms with Crippen molar-refractivity contribution >= 4 is 0 Å². The topological polar surface area (TPSA) is 29.4 Å². The van der Waals surface area contributed by atoms with Crippen molar-refractivity contribution in [2.75, 3.05) is 0 Å². The fourth-order valence-electron chi connectivity index (χ4n) is 0.284. The van der Waals surface area contributed by atoms with Crippen LogP contribution in [0.4, 0.5) is 0 Å². The molecule has 1 unspecified atom stereocenters. The highest BCUT2D eigenvalue weighted by molar-refractivity contribution is 4.73. The van der Waals surface area contributed by atoms with Crippen LogP contribution in [0.15, 0.2) is 17.8 Å². The second-order valence-electron chi connectivity index (χ2n) is 1.48. The fourth-order valence-corrected chi connectivity index (χ4v) is 0.284. The smallest absolute Gasteiger partial charge is 0.0925 e. The van der Waals surface area contributed by atoms with Gasteiger partial charge >= 0.3 is 0 Å². The second kappa shape index (κ2) is 3.53. The van der Waals surface area contributed by atoms with E-state index in [4.69, 9.17) is 0 Å². The Balaban J connectivity index is 3.15. The molecule has 0 saturated heterocycles. The summed E-state index contributed by atoms with van der Waals surface area (Å²) in [6.45, 7) is 5.21.